The number of aromatic nitrogens is 2. The molecule has 1 aliphatic heterocycles. The van der Waals surface area contributed by atoms with Crippen LogP contribution >= 0.6 is 11.6 Å². The second-order valence-electron chi connectivity index (χ2n) is 8.14. The lowest BCUT2D eigenvalue weighted by Gasteiger charge is -2.27. The van der Waals surface area contributed by atoms with Gasteiger partial charge in [0.25, 0.3) is 5.91 Å². The number of carbonyl (C=O) groups is 1. The summed E-state index contributed by atoms with van der Waals surface area (Å²) >= 11 is 6.26. The molecule has 0 spiro atoms. The molecule has 3 aromatic rings. The minimum atomic E-state index is -0.966. The Hall–Kier alpha value is -2.88. The number of fused-ring (bicyclic) bond motifs is 2. The number of H-pyrrole nitrogens is 1. The van der Waals surface area contributed by atoms with Gasteiger partial charge in [-0.2, -0.15) is 10.4 Å². The van der Waals surface area contributed by atoms with Gasteiger partial charge in [0.2, 0.25) is 0 Å². The van der Waals surface area contributed by atoms with Crippen molar-refractivity contribution in [1.29, 1.82) is 5.26 Å². The number of halogens is 1. The summed E-state index contributed by atoms with van der Waals surface area (Å²) in [5.74, 6) is 0.457. The Morgan fingerprint density at radius 3 is 2.59 bits per heavy atom. The predicted molar refractivity (Wildman–Crippen MR) is 108 cm³/mol. The van der Waals surface area contributed by atoms with Crippen LogP contribution in [-0.2, 0) is 5.60 Å². The third-order valence-corrected chi connectivity index (χ3v) is 6.57. The summed E-state index contributed by atoms with van der Waals surface area (Å²) < 4.78 is 0. The van der Waals surface area contributed by atoms with Crippen LogP contribution in [0.25, 0.3) is 10.9 Å². The second-order valence-corrected chi connectivity index (χ2v) is 8.58. The monoisotopic (exact) mass is 406 g/mol. The molecular weight excluding hydrogens is 388 g/mol. The number of rotatable bonds is 2. The van der Waals surface area contributed by atoms with Crippen molar-refractivity contribution in [3.05, 3.63) is 64.3 Å². The average Bonchev–Trinajstić information content (AvgIpc) is 3.40. The van der Waals surface area contributed by atoms with E-state index in [0.29, 0.717) is 42.1 Å². The third-order valence-electron chi connectivity index (χ3n) is 6.35. The number of nitriles is 1. The van der Waals surface area contributed by atoms with Crippen LogP contribution in [0, 0.1) is 23.2 Å². The quantitative estimate of drug-likeness (QED) is 0.681. The van der Waals surface area contributed by atoms with E-state index in [-0.39, 0.29) is 17.7 Å². The van der Waals surface area contributed by atoms with E-state index in [1.165, 1.54) is 0 Å². The van der Waals surface area contributed by atoms with Crippen LogP contribution in [0.2, 0.25) is 5.02 Å². The van der Waals surface area contributed by atoms with Gasteiger partial charge in [-0.05, 0) is 66.6 Å². The van der Waals surface area contributed by atoms with E-state index in [4.69, 9.17) is 16.9 Å². The maximum absolute atomic E-state index is 12.8. The second kappa shape index (κ2) is 6.58. The number of likely N-dealkylation sites (tertiary alicyclic amines) is 1. The number of nitrogens with zero attached hydrogens (tertiary/aromatic N) is 3. The minimum Gasteiger partial charge on any atom is -0.385 e. The standard InChI is InChI=1S/C22H19ClN4O2/c23-17-5-19(18-10-25-26-20(18)6-17)22(29)7-15-11-27(12-16(15)8-22)21(28)14-3-1-13(9-24)2-4-14/h1-6,10,15-16,29H,7-8,11-12H2,(H,25,26)/t15-,16+,22?. The highest BCUT2D eigenvalue weighted by Crippen LogP contribution is 2.50. The van der Waals surface area contributed by atoms with E-state index in [1.54, 1.807) is 30.5 Å². The van der Waals surface area contributed by atoms with Crippen LogP contribution in [0.3, 0.4) is 0 Å². The molecule has 1 amide bonds. The fourth-order valence-electron chi connectivity index (χ4n) is 5.01. The largest absolute Gasteiger partial charge is 0.385 e. The van der Waals surface area contributed by atoms with Gasteiger partial charge in [-0.3, -0.25) is 9.89 Å². The number of hydrogen-bond donors (Lipinski definition) is 2. The first kappa shape index (κ1) is 18.2. The number of nitrogens with one attached hydrogen (secondary N) is 1. The zero-order chi connectivity index (χ0) is 20.2. The minimum absolute atomic E-state index is 0.0209. The van der Waals surface area contributed by atoms with Gasteiger partial charge in [-0.15, -0.1) is 0 Å². The summed E-state index contributed by atoms with van der Waals surface area (Å²) in [6.07, 6.45) is 2.92. The van der Waals surface area contributed by atoms with Gasteiger partial charge in [0.15, 0.2) is 0 Å². The molecule has 1 saturated heterocycles. The van der Waals surface area contributed by atoms with Crippen molar-refractivity contribution in [1.82, 2.24) is 15.1 Å². The van der Waals surface area contributed by atoms with Gasteiger partial charge in [0, 0.05) is 29.1 Å². The highest BCUT2D eigenvalue weighted by Gasteiger charge is 2.50. The number of hydrogen-bond acceptors (Lipinski definition) is 4. The molecule has 1 saturated carbocycles. The third kappa shape index (κ3) is 2.98. The highest BCUT2D eigenvalue weighted by atomic mass is 35.5. The molecule has 2 aliphatic rings. The van der Waals surface area contributed by atoms with Gasteiger partial charge in [-0.1, -0.05) is 11.6 Å². The summed E-state index contributed by atoms with van der Waals surface area (Å²) in [5, 5.41) is 28.9. The molecule has 2 N–H and O–H groups in total. The first-order chi connectivity index (χ1) is 14.0. The Kier molecular flexibility index (Phi) is 4.12. The van der Waals surface area contributed by atoms with Crippen molar-refractivity contribution < 1.29 is 9.90 Å². The number of carbonyl (C=O) groups excluding carboxylic acids is 1. The molecule has 7 heteroatoms. The first-order valence-electron chi connectivity index (χ1n) is 9.62. The van der Waals surface area contributed by atoms with Gasteiger partial charge >= 0.3 is 0 Å². The van der Waals surface area contributed by atoms with Crippen molar-refractivity contribution in [2.75, 3.05) is 13.1 Å². The van der Waals surface area contributed by atoms with E-state index in [1.807, 2.05) is 17.0 Å². The zero-order valence-electron chi connectivity index (χ0n) is 15.6. The van der Waals surface area contributed by atoms with Crippen molar-refractivity contribution in [3.63, 3.8) is 0 Å². The van der Waals surface area contributed by atoms with Gasteiger partial charge in [0.05, 0.1) is 28.9 Å². The Balaban J connectivity index is 1.35. The van der Waals surface area contributed by atoms with Crippen LogP contribution in [0.15, 0.2) is 42.6 Å². The van der Waals surface area contributed by atoms with Crippen molar-refractivity contribution >= 4 is 28.4 Å². The fourth-order valence-corrected chi connectivity index (χ4v) is 5.23. The predicted octanol–water partition coefficient (Wildman–Crippen LogP) is 3.46. The van der Waals surface area contributed by atoms with E-state index in [0.717, 1.165) is 16.5 Å². The lowest BCUT2D eigenvalue weighted by molar-refractivity contribution is 0.0318. The molecule has 2 fully saturated rings. The summed E-state index contributed by atoms with van der Waals surface area (Å²) in [7, 11) is 0. The number of aliphatic hydroxyl groups is 1. The number of benzene rings is 2. The maximum Gasteiger partial charge on any atom is 0.253 e. The highest BCUT2D eigenvalue weighted by molar-refractivity contribution is 6.31. The fraction of sp³-hybridized carbons (Fsp3) is 0.318. The molecule has 5 rings (SSSR count). The molecule has 1 aliphatic carbocycles. The number of amides is 1. The Morgan fingerprint density at radius 2 is 1.93 bits per heavy atom. The molecule has 1 unspecified atom stereocenters. The van der Waals surface area contributed by atoms with Crippen molar-refractivity contribution in [2.45, 2.75) is 18.4 Å². The van der Waals surface area contributed by atoms with Crippen molar-refractivity contribution in [3.8, 4) is 6.07 Å². The Labute approximate surface area is 172 Å². The summed E-state index contributed by atoms with van der Waals surface area (Å²) in [6, 6.07) is 12.4. The normalized spacial score (nSPS) is 25.9. The molecule has 146 valence electrons. The smallest absolute Gasteiger partial charge is 0.253 e. The van der Waals surface area contributed by atoms with Crippen molar-refractivity contribution in [2.24, 2.45) is 11.8 Å². The van der Waals surface area contributed by atoms with Crippen LogP contribution in [-0.4, -0.2) is 39.2 Å². The van der Waals surface area contributed by atoms with Crippen LogP contribution < -0.4 is 0 Å². The Morgan fingerprint density at radius 1 is 1.24 bits per heavy atom. The SMILES string of the molecule is N#Cc1ccc(C(=O)N2C[C@@H]3CC(O)(c4cc(Cl)cc5[nH]ncc45)C[C@@H]3C2)cc1. The Bertz CT molecular complexity index is 1130. The molecule has 2 aromatic carbocycles. The zero-order valence-corrected chi connectivity index (χ0v) is 16.4. The van der Waals surface area contributed by atoms with Crippen LogP contribution in [0.4, 0.5) is 0 Å². The molecular formula is C22H19ClN4O2. The first-order valence-corrected chi connectivity index (χ1v) is 9.99. The van der Waals surface area contributed by atoms with Gasteiger partial charge < -0.3 is 10.0 Å². The van der Waals surface area contributed by atoms with E-state index in [9.17, 15) is 9.90 Å². The molecule has 6 nitrogen and oxygen atoms in total. The van der Waals surface area contributed by atoms with Crippen LogP contribution in [0.1, 0.15) is 34.3 Å². The number of aromatic amines is 1. The molecule has 3 atom stereocenters. The lowest BCUT2D eigenvalue weighted by Crippen LogP contribution is -2.32. The van der Waals surface area contributed by atoms with Crippen LogP contribution in [0.5, 0.6) is 0 Å². The molecule has 2 heterocycles. The summed E-state index contributed by atoms with van der Waals surface area (Å²) in [6.45, 7) is 1.25. The van der Waals surface area contributed by atoms with Gasteiger partial charge in [-0.25, -0.2) is 0 Å². The molecule has 0 bridgehead atoms. The average molecular weight is 407 g/mol. The summed E-state index contributed by atoms with van der Waals surface area (Å²) in [5.41, 5.74) is 1.79. The van der Waals surface area contributed by atoms with Gasteiger partial charge in [0.1, 0.15) is 0 Å². The maximum atomic E-state index is 12.8. The topological polar surface area (TPSA) is 93.0 Å². The van der Waals surface area contributed by atoms with E-state index >= 15 is 0 Å². The summed E-state index contributed by atoms with van der Waals surface area (Å²) in [4.78, 5) is 14.7. The van der Waals surface area contributed by atoms with E-state index in [2.05, 4.69) is 16.3 Å². The molecule has 0 radical (unpaired) electrons. The molecule has 29 heavy (non-hydrogen) atoms. The van der Waals surface area contributed by atoms with E-state index < -0.39 is 5.60 Å². The molecule has 1 aromatic heterocycles. The lowest BCUT2D eigenvalue weighted by atomic mass is 9.88.